The Labute approximate surface area is 158 Å². The number of alkyl halides is 3. The van der Waals surface area contributed by atoms with Gasteiger partial charge in [-0.15, -0.1) is 0 Å². The Morgan fingerprint density at radius 1 is 1.22 bits per heavy atom. The Bertz CT molecular complexity index is 1070. The molecule has 0 N–H and O–H groups in total. The van der Waals surface area contributed by atoms with Crippen molar-refractivity contribution in [3.63, 3.8) is 0 Å². The van der Waals surface area contributed by atoms with E-state index in [1.54, 1.807) is 18.2 Å². The molecule has 0 unspecified atom stereocenters. The standard InChI is InChI=1S/C19H15ClF3N3O/c1-10(2)17-16(11-5-6-14-12(8-11)9-15(27)26(14)20)18-13(19(21,22)23)4-3-7-25(18)24-17/h3-8,10H,9H2,1-2H3. The minimum atomic E-state index is -4.51. The molecule has 3 aromatic rings. The third-order valence-electron chi connectivity index (χ3n) is 4.68. The molecule has 0 atom stereocenters. The Morgan fingerprint density at radius 3 is 2.63 bits per heavy atom. The summed E-state index contributed by atoms with van der Waals surface area (Å²) in [5, 5.41) is 4.40. The van der Waals surface area contributed by atoms with Crippen molar-refractivity contribution in [2.75, 3.05) is 4.42 Å². The van der Waals surface area contributed by atoms with Gasteiger partial charge in [0.2, 0.25) is 5.91 Å². The van der Waals surface area contributed by atoms with Crippen molar-refractivity contribution in [1.82, 2.24) is 9.61 Å². The number of halogens is 4. The first-order valence-electron chi connectivity index (χ1n) is 8.39. The second kappa shape index (κ2) is 5.99. The number of hydrogen-bond acceptors (Lipinski definition) is 2. The van der Waals surface area contributed by atoms with Crippen molar-refractivity contribution in [3.05, 3.63) is 53.3 Å². The predicted molar refractivity (Wildman–Crippen MR) is 96.8 cm³/mol. The third kappa shape index (κ3) is 2.77. The van der Waals surface area contributed by atoms with E-state index in [0.29, 0.717) is 28.1 Å². The Kier molecular flexibility index (Phi) is 3.96. The van der Waals surface area contributed by atoms with Gasteiger partial charge in [0, 0.05) is 23.5 Å². The monoisotopic (exact) mass is 393 g/mol. The average molecular weight is 394 g/mol. The van der Waals surface area contributed by atoms with Gasteiger partial charge in [0.1, 0.15) is 0 Å². The number of hydrogen-bond donors (Lipinski definition) is 0. The number of amides is 1. The second-order valence-corrected chi connectivity index (χ2v) is 7.16. The predicted octanol–water partition coefficient (Wildman–Crippen LogP) is 5.19. The molecule has 3 heterocycles. The summed E-state index contributed by atoms with van der Waals surface area (Å²) in [6.07, 6.45) is -2.88. The summed E-state index contributed by atoms with van der Waals surface area (Å²) in [4.78, 5) is 11.8. The van der Waals surface area contributed by atoms with Crippen molar-refractivity contribution in [1.29, 1.82) is 0 Å². The number of carbonyl (C=O) groups excluding carboxylic acids is 1. The third-order valence-corrected chi connectivity index (χ3v) is 5.05. The molecular formula is C19H15ClF3N3O. The summed E-state index contributed by atoms with van der Waals surface area (Å²) in [7, 11) is 0. The van der Waals surface area contributed by atoms with Crippen molar-refractivity contribution >= 4 is 28.9 Å². The topological polar surface area (TPSA) is 37.6 Å². The van der Waals surface area contributed by atoms with Gasteiger partial charge in [0.25, 0.3) is 0 Å². The van der Waals surface area contributed by atoms with Crippen molar-refractivity contribution < 1.29 is 18.0 Å². The number of anilines is 1. The first kappa shape index (κ1) is 17.9. The average Bonchev–Trinajstić information content (AvgIpc) is 3.12. The number of aromatic nitrogens is 2. The molecule has 0 saturated carbocycles. The Balaban J connectivity index is 2.03. The fraction of sp³-hybridized carbons (Fsp3) is 0.263. The van der Waals surface area contributed by atoms with Gasteiger partial charge in [-0.1, -0.05) is 19.9 Å². The maximum atomic E-state index is 13.6. The zero-order chi connectivity index (χ0) is 19.5. The zero-order valence-corrected chi connectivity index (χ0v) is 15.3. The molecule has 1 amide bonds. The highest BCUT2D eigenvalue weighted by molar-refractivity contribution is 6.38. The van der Waals surface area contributed by atoms with Gasteiger partial charge in [-0.3, -0.25) is 4.79 Å². The summed E-state index contributed by atoms with van der Waals surface area (Å²) in [5.74, 6) is -0.343. The largest absolute Gasteiger partial charge is 0.418 e. The molecule has 27 heavy (non-hydrogen) atoms. The molecule has 1 aromatic carbocycles. The van der Waals surface area contributed by atoms with E-state index in [2.05, 4.69) is 5.10 Å². The maximum Gasteiger partial charge on any atom is 0.418 e. The lowest BCUT2D eigenvalue weighted by atomic mass is 9.95. The van der Waals surface area contributed by atoms with E-state index in [4.69, 9.17) is 11.8 Å². The molecule has 140 valence electrons. The normalized spacial score (nSPS) is 14.5. The Morgan fingerprint density at radius 2 is 1.96 bits per heavy atom. The van der Waals surface area contributed by atoms with Crippen LogP contribution in [0.25, 0.3) is 16.6 Å². The fourth-order valence-corrected chi connectivity index (χ4v) is 3.70. The van der Waals surface area contributed by atoms with Gasteiger partial charge < -0.3 is 0 Å². The fourth-order valence-electron chi connectivity index (χ4n) is 3.48. The lowest BCUT2D eigenvalue weighted by Crippen LogP contribution is -2.13. The van der Waals surface area contributed by atoms with Gasteiger partial charge in [0.05, 0.1) is 28.9 Å². The summed E-state index contributed by atoms with van der Waals surface area (Å²) in [6.45, 7) is 3.77. The van der Waals surface area contributed by atoms with E-state index >= 15 is 0 Å². The van der Waals surface area contributed by atoms with Crippen LogP contribution in [0.2, 0.25) is 0 Å². The molecule has 8 heteroatoms. The van der Waals surface area contributed by atoms with Crippen LogP contribution in [0.5, 0.6) is 0 Å². The van der Waals surface area contributed by atoms with Gasteiger partial charge in [-0.25, -0.2) is 8.93 Å². The minimum absolute atomic E-state index is 0.0145. The quantitative estimate of drug-likeness (QED) is 0.562. The molecule has 0 radical (unpaired) electrons. The molecular weight excluding hydrogens is 379 g/mol. The number of pyridine rings is 1. The minimum Gasteiger partial charge on any atom is -0.273 e. The van der Waals surface area contributed by atoms with E-state index in [1.807, 2.05) is 13.8 Å². The molecule has 0 saturated heterocycles. The number of benzene rings is 1. The Hall–Kier alpha value is -2.54. The van der Waals surface area contributed by atoms with Crippen LogP contribution in [0.15, 0.2) is 36.5 Å². The van der Waals surface area contributed by atoms with Crippen molar-refractivity contribution in [3.8, 4) is 11.1 Å². The van der Waals surface area contributed by atoms with E-state index in [0.717, 1.165) is 10.5 Å². The lowest BCUT2D eigenvalue weighted by molar-refractivity contribution is -0.136. The number of carbonyl (C=O) groups is 1. The summed E-state index contributed by atoms with van der Waals surface area (Å²) < 4.78 is 43.2. The van der Waals surface area contributed by atoms with Crippen LogP contribution in [-0.2, 0) is 17.4 Å². The number of fused-ring (bicyclic) bond motifs is 2. The number of rotatable bonds is 2. The van der Waals surface area contributed by atoms with Crippen LogP contribution in [0, 0.1) is 0 Å². The molecule has 4 nitrogen and oxygen atoms in total. The summed E-state index contributed by atoms with van der Waals surface area (Å²) >= 11 is 5.95. The van der Waals surface area contributed by atoms with Gasteiger partial charge in [-0.05, 0) is 41.3 Å². The zero-order valence-electron chi connectivity index (χ0n) is 14.5. The van der Waals surface area contributed by atoms with E-state index < -0.39 is 11.7 Å². The number of nitrogens with zero attached hydrogens (tertiary/aromatic N) is 3. The molecule has 2 aromatic heterocycles. The van der Waals surface area contributed by atoms with Crippen molar-refractivity contribution in [2.45, 2.75) is 32.4 Å². The lowest BCUT2D eigenvalue weighted by Gasteiger charge is -2.12. The van der Waals surface area contributed by atoms with E-state index in [-0.39, 0.29) is 23.8 Å². The highest BCUT2D eigenvalue weighted by Gasteiger charge is 2.36. The van der Waals surface area contributed by atoms with Crippen LogP contribution >= 0.6 is 11.8 Å². The van der Waals surface area contributed by atoms with Crippen LogP contribution in [-0.4, -0.2) is 15.5 Å². The van der Waals surface area contributed by atoms with Crippen LogP contribution in [0.3, 0.4) is 0 Å². The van der Waals surface area contributed by atoms with Crippen LogP contribution in [0.1, 0.15) is 36.6 Å². The van der Waals surface area contributed by atoms with E-state index in [1.165, 1.54) is 16.8 Å². The van der Waals surface area contributed by atoms with Crippen LogP contribution in [0.4, 0.5) is 18.9 Å². The highest BCUT2D eigenvalue weighted by Crippen LogP contribution is 2.42. The first-order valence-corrected chi connectivity index (χ1v) is 8.72. The SMILES string of the molecule is CC(C)c1nn2cccc(C(F)(F)F)c2c1-c1ccc2c(c1)CC(=O)N2Cl. The first-order chi connectivity index (χ1) is 12.7. The second-order valence-electron chi connectivity index (χ2n) is 6.82. The highest BCUT2D eigenvalue weighted by atomic mass is 35.5. The molecule has 1 aliphatic heterocycles. The van der Waals surface area contributed by atoms with Crippen LogP contribution < -0.4 is 4.42 Å². The molecule has 0 bridgehead atoms. The molecule has 0 aliphatic carbocycles. The van der Waals surface area contributed by atoms with Gasteiger partial charge in [-0.2, -0.15) is 18.3 Å². The molecule has 4 rings (SSSR count). The maximum absolute atomic E-state index is 13.6. The summed E-state index contributed by atoms with van der Waals surface area (Å²) in [5.41, 5.74) is 2.11. The van der Waals surface area contributed by atoms with Crippen molar-refractivity contribution in [2.24, 2.45) is 0 Å². The van der Waals surface area contributed by atoms with Gasteiger partial charge >= 0.3 is 6.18 Å². The summed E-state index contributed by atoms with van der Waals surface area (Å²) in [6, 6.07) is 7.46. The molecule has 0 fully saturated rings. The van der Waals surface area contributed by atoms with Gasteiger partial charge in [0.15, 0.2) is 0 Å². The molecule has 1 aliphatic rings. The molecule has 0 spiro atoms. The smallest absolute Gasteiger partial charge is 0.273 e. The van der Waals surface area contributed by atoms with E-state index in [9.17, 15) is 18.0 Å².